The monoisotopic (exact) mass is 417 g/mol. The predicted molar refractivity (Wildman–Crippen MR) is 127 cm³/mol. The van der Waals surface area contributed by atoms with Crippen LogP contribution in [0.1, 0.15) is 58.3 Å². The van der Waals surface area contributed by atoms with E-state index in [0.717, 1.165) is 50.0 Å². The maximum Gasteiger partial charge on any atom is 0.196 e. The van der Waals surface area contributed by atoms with E-state index in [1.807, 2.05) is 0 Å². The Kier molecular flexibility index (Phi) is 9.15. The smallest absolute Gasteiger partial charge is 0.196 e. The number of rotatable bonds is 7. The molecule has 2 aliphatic rings. The van der Waals surface area contributed by atoms with Gasteiger partial charge < -0.3 is 21.3 Å². The van der Waals surface area contributed by atoms with E-state index in [-0.39, 0.29) is 6.04 Å². The topological polar surface area (TPSA) is 65.7 Å². The molecule has 0 spiro atoms. The first-order valence-corrected chi connectivity index (χ1v) is 12.6. The zero-order valence-electron chi connectivity index (χ0n) is 18.2. The fourth-order valence-electron chi connectivity index (χ4n) is 4.47. The number of likely N-dealkylation sites (tertiary alicyclic amines) is 1. The highest BCUT2D eigenvalue weighted by Gasteiger charge is 2.23. The van der Waals surface area contributed by atoms with Crippen LogP contribution >= 0.6 is 11.8 Å². The molecule has 6 heteroatoms. The van der Waals surface area contributed by atoms with Gasteiger partial charge in [-0.3, -0.25) is 4.99 Å². The second-order valence-electron chi connectivity index (χ2n) is 8.49. The predicted octanol–water partition coefficient (Wildman–Crippen LogP) is 4.30. The summed E-state index contributed by atoms with van der Waals surface area (Å²) in [5.41, 5.74) is 7.50. The van der Waals surface area contributed by atoms with Gasteiger partial charge in [0.05, 0.1) is 5.69 Å². The Morgan fingerprint density at radius 1 is 1.17 bits per heavy atom. The molecule has 29 heavy (non-hydrogen) atoms. The van der Waals surface area contributed by atoms with Crippen LogP contribution in [0.4, 0.5) is 5.69 Å². The fraction of sp³-hybridized carbons (Fsp3) is 0.696. The van der Waals surface area contributed by atoms with Gasteiger partial charge in [0.1, 0.15) is 0 Å². The Morgan fingerprint density at radius 2 is 1.97 bits per heavy atom. The van der Waals surface area contributed by atoms with Crippen LogP contribution in [-0.2, 0) is 0 Å². The van der Waals surface area contributed by atoms with Crippen molar-refractivity contribution in [3.63, 3.8) is 0 Å². The molecule has 0 amide bonds. The minimum absolute atomic E-state index is 0.209. The van der Waals surface area contributed by atoms with Crippen molar-refractivity contribution in [3.05, 3.63) is 24.3 Å². The molecule has 0 aromatic heterocycles. The maximum absolute atomic E-state index is 6.39. The van der Waals surface area contributed by atoms with E-state index >= 15 is 0 Å². The molecule has 5 nitrogen and oxygen atoms in total. The maximum atomic E-state index is 6.39. The summed E-state index contributed by atoms with van der Waals surface area (Å²) in [6, 6.07) is 9.66. The van der Waals surface area contributed by atoms with E-state index in [9.17, 15) is 0 Å². The molecule has 1 aliphatic carbocycles. The molecule has 4 N–H and O–H groups in total. The largest absolute Gasteiger partial charge is 0.352 e. The molecule has 3 rings (SSSR count). The number of benzene rings is 1. The molecule has 1 heterocycles. The summed E-state index contributed by atoms with van der Waals surface area (Å²) in [5.74, 6) is 0.876. The number of nitrogens with zero attached hydrogens (tertiary/aromatic N) is 2. The highest BCUT2D eigenvalue weighted by molar-refractivity contribution is 7.98. The average Bonchev–Trinajstić information content (AvgIpc) is 2.74. The average molecular weight is 418 g/mol. The second kappa shape index (κ2) is 11.8. The number of para-hydroxylation sites is 1. The number of nitrogens with two attached hydrogens (primary N) is 1. The molecular weight excluding hydrogens is 378 g/mol. The van der Waals surface area contributed by atoms with E-state index in [0.29, 0.717) is 6.04 Å². The summed E-state index contributed by atoms with van der Waals surface area (Å²) >= 11 is 1.75. The van der Waals surface area contributed by atoms with Crippen molar-refractivity contribution in [1.29, 1.82) is 0 Å². The molecule has 2 fully saturated rings. The van der Waals surface area contributed by atoms with Crippen molar-refractivity contribution < 1.29 is 0 Å². The van der Waals surface area contributed by atoms with Crippen molar-refractivity contribution in [2.24, 2.45) is 10.7 Å². The molecule has 1 saturated carbocycles. The number of thioether (sulfide) groups is 1. The zero-order valence-corrected chi connectivity index (χ0v) is 19.0. The second-order valence-corrected chi connectivity index (χ2v) is 9.34. The van der Waals surface area contributed by atoms with Crippen LogP contribution in [0.5, 0.6) is 0 Å². The third-order valence-corrected chi connectivity index (χ3v) is 7.11. The molecule has 0 radical (unpaired) electrons. The van der Waals surface area contributed by atoms with Gasteiger partial charge in [-0.15, -0.1) is 11.8 Å². The highest BCUT2D eigenvalue weighted by Crippen LogP contribution is 2.25. The Morgan fingerprint density at radius 3 is 2.76 bits per heavy atom. The van der Waals surface area contributed by atoms with Crippen molar-refractivity contribution in [3.8, 4) is 0 Å². The molecular formula is C23H39N5S. The normalized spacial score (nSPS) is 26.3. The van der Waals surface area contributed by atoms with Crippen LogP contribution in [0, 0.1) is 0 Å². The Balaban J connectivity index is 1.61. The summed E-state index contributed by atoms with van der Waals surface area (Å²) in [5, 5.41) is 7.21. The lowest BCUT2D eigenvalue weighted by Gasteiger charge is -2.33. The van der Waals surface area contributed by atoms with Gasteiger partial charge in [0.15, 0.2) is 5.96 Å². The van der Waals surface area contributed by atoms with Crippen LogP contribution in [0.25, 0.3) is 0 Å². The number of piperidine rings is 1. The quantitative estimate of drug-likeness (QED) is 0.267. The summed E-state index contributed by atoms with van der Waals surface area (Å²) in [6.07, 6.45) is 12.0. The number of anilines is 1. The molecule has 0 bridgehead atoms. The molecule has 162 valence electrons. The summed E-state index contributed by atoms with van der Waals surface area (Å²) in [4.78, 5) is 8.79. The van der Waals surface area contributed by atoms with Crippen LogP contribution < -0.4 is 16.4 Å². The van der Waals surface area contributed by atoms with Crippen molar-refractivity contribution in [2.75, 3.05) is 31.2 Å². The van der Waals surface area contributed by atoms with Crippen LogP contribution in [0.15, 0.2) is 34.2 Å². The molecule has 1 unspecified atom stereocenters. The van der Waals surface area contributed by atoms with Crippen LogP contribution in [-0.4, -0.2) is 54.9 Å². The van der Waals surface area contributed by atoms with Crippen LogP contribution in [0.2, 0.25) is 0 Å². The van der Waals surface area contributed by atoms with Gasteiger partial charge in [-0.1, -0.05) is 31.4 Å². The lowest BCUT2D eigenvalue weighted by Crippen LogP contribution is -2.51. The minimum atomic E-state index is 0.209. The van der Waals surface area contributed by atoms with Gasteiger partial charge >= 0.3 is 0 Å². The van der Waals surface area contributed by atoms with E-state index in [1.54, 1.807) is 11.8 Å². The molecule has 1 aliphatic heterocycles. The molecule has 1 saturated heterocycles. The standard InChI is InChI=1S/C23H39N5S/c1-18-10-7-8-16-28(18)17-9-15-25-23(26-20-12-4-3-11-19(20)24)27-21-13-5-6-14-22(21)29-2/h5-6,13-14,18-20H,3-4,7-12,15-17,24H2,1-2H3,(H2,25,26,27)/t18?,19-,20-/m0/s1. The molecule has 1 aromatic rings. The lowest BCUT2D eigenvalue weighted by atomic mass is 9.91. The number of hydrogen-bond acceptors (Lipinski definition) is 4. The summed E-state index contributed by atoms with van der Waals surface area (Å²) in [6.45, 7) is 5.58. The summed E-state index contributed by atoms with van der Waals surface area (Å²) < 4.78 is 0. The SMILES string of the molecule is CSc1ccccc1NC(=NCCCN1CCCCC1C)N[C@H]1CCCC[C@@H]1N. The number of nitrogens with one attached hydrogen (secondary N) is 2. The Hall–Kier alpha value is -1.24. The van der Waals surface area contributed by atoms with Crippen molar-refractivity contribution in [2.45, 2.75) is 81.3 Å². The minimum Gasteiger partial charge on any atom is -0.352 e. The van der Waals surface area contributed by atoms with Crippen LogP contribution in [0.3, 0.4) is 0 Å². The van der Waals surface area contributed by atoms with E-state index in [4.69, 9.17) is 10.7 Å². The van der Waals surface area contributed by atoms with Crippen molar-refractivity contribution in [1.82, 2.24) is 10.2 Å². The van der Waals surface area contributed by atoms with E-state index in [1.165, 1.54) is 43.5 Å². The van der Waals surface area contributed by atoms with Gasteiger partial charge in [-0.2, -0.15) is 0 Å². The van der Waals surface area contributed by atoms with Gasteiger partial charge in [-0.25, -0.2) is 0 Å². The van der Waals surface area contributed by atoms with E-state index in [2.05, 4.69) is 53.0 Å². The zero-order chi connectivity index (χ0) is 20.5. The Bertz CT molecular complexity index is 650. The molecule has 3 atom stereocenters. The van der Waals surface area contributed by atoms with Gasteiger partial charge in [-0.05, 0) is 64.0 Å². The first kappa shape index (κ1) is 22.4. The number of guanidine groups is 1. The third kappa shape index (κ3) is 6.90. The first-order valence-electron chi connectivity index (χ1n) is 11.4. The molecule has 1 aromatic carbocycles. The number of hydrogen-bond donors (Lipinski definition) is 3. The number of aliphatic imine (C=N–C) groups is 1. The Labute approximate surface area is 181 Å². The third-order valence-electron chi connectivity index (χ3n) is 6.32. The van der Waals surface area contributed by atoms with E-state index < -0.39 is 0 Å². The lowest BCUT2D eigenvalue weighted by molar-refractivity contribution is 0.160. The van der Waals surface area contributed by atoms with Gasteiger partial charge in [0, 0.05) is 36.1 Å². The fourth-order valence-corrected chi connectivity index (χ4v) is 5.02. The van der Waals surface area contributed by atoms with Gasteiger partial charge in [0.2, 0.25) is 0 Å². The van der Waals surface area contributed by atoms with Crippen molar-refractivity contribution >= 4 is 23.4 Å². The highest BCUT2D eigenvalue weighted by atomic mass is 32.2. The summed E-state index contributed by atoms with van der Waals surface area (Å²) in [7, 11) is 0. The first-order chi connectivity index (χ1) is 14.2. The van der Waals surface area contributed by atoms with Gasteiger partial charge in [0.25, 0.3) is 0 Å².